The second-order valence-electron chi connectivity index (χ2n) is 5.59. The first-order valence-corrected chi connectivity index (χ1v) is 6.56. The van der Waals surface area contributed by atoms with Crippen molar-refractivity contribution in [3.63, 3.8) is 0 Å². The predicted octanol–water partition coefficient (Wildman–Crippen LogP) is 0.766. The molecule has 18 heavy (non-hydrogen) atoms. The molecule has 0 radical (unpaired) electrons. The molecule has 0 spiro atoms. The fourth-order valence-electron chi connectivity index (χ4n) is 2.21. The molecular weight excluding hydrogens is 232 g/mol. The van der Waals surface area contributed by atoms with Crippen molar-refractivity contribution in [1.82, 2.24) is 4.90 Å². The normalized spacial score (nSPS) is 24.9. The summed E-state index contributed by atoms with van der Waals surface area (Å²) in [7, 11) is 1.66. The van der Waals surface area contributed by atoms with Gasteiger partial charge in [-0.15, -0.1) is 0 Å². The lowest BCUT2D eigenvalue weighted by Gasteiger charge is -2.42. The minimum atomic E-state index is -0.315. The smallest absolute Gasteiger partial charge is 0.222 e. The molecule has 2 unspecified atom stereocenters. The number of carbonyl (C=O) groups is 1. The highest BCUT2D eigenvalue weighted by Gasteiger charge is 2.34. The maximum absolute atomic E-state index is 12.1. The van der Waals surface area contributed by atoms with Crippen molar-refractivity contribution in [1.29, 1.82) is 0 Å². The van der Waals surface area contributed by atoms with E-state index in [1.54, 1.807) is 7.11 Å². The molecule has 106 valence electrons. The van der Waals surface area contributed by atoms with Gasteiger partial charge >= 0.3 is 0 Å². The number of carbonyl (C=O) groups excluding carboxylic acids is 1. The van der Waals surface area contributed by atoms with E-state index in [-0.39, 0.29) is 23.7 Å². The van der Waals surface area contributed by atoms with Crippen LogP contribution in [0.2, 0.25) is 0 Å². The number of morpholine rings is 1. The van der Waals surface area contributed by atoms with E-state index < -0.39 is 0 Å². The lowest BCUT2D eigenvalue weighted by atomic mass is 10.0. The van der Waals surface area contributed by atoms with Crippen LogP contribution in [0.4, 0.5) is 0 Å². The number of nitrogens with two attached hydrogens (primary N) is 1. The van der Waals surface area contributed by atoms with Gasteiger partial charge in [-0.1, -0.05) is 0 Å². The molecule has 0 aromatic heterocycles. The highest BCUT2D eigenvalue weighted by atomic mass is 16.5. The largest absolute Gasteiger partial charge is 0.382 e. The minimum Gasteiger partial charge on any atom is -0.382 e. The van der Waals surface area contributed by atoms with Gasteiger partial charge in [0.05, 0.1) is 17.8 Å². The number of ether oxygens (including phenoxy) is 2. The molecule has 1 rings (SSSR count). The molecule has 0 saturated carbocycles. The topological polar surface area (TPSA) is 64.8 Å². The van der Waals surface area contributed by atoms with Gasteiger partial charge < -0.3 is 20.1 Å². The second-order valence-corrected chi connectivity index (χ2v) is 5.59. The molecule has 5 heteroatoms. The molecule has 1 aliphatic rings. The molecule has 2 atom stereocenters. The van der Waals surface area contributed by atoms with Gasteiger partial charge in [0.25, 0.3) is 0 Å². The van der Waals surface area contributed by atoms with Gasteiger partial charge in [0.1, 0.15) is 0 Å². The molecule has 1 heterocycles. The Bertz CT molecular complexity index is 281. The van der Waals surface area contributed by atoms with Gasteiger partial charge in [0.2, 0.25) is 5.91 Å². The molecule has 0 aliphatic carbocycles. The molecule has 2 N–H and O–H groups in total. The molecular formula is C13H26N2O3. The summed E-state index contributed by atoms with van der Waals surface area (Å²) in [5.74, 6) is 0.161. The van der Waals surface area contributed by atoms with Crippen LogP contribution < -0.4 is 5.73 Å². The minimum absolute atomic E-state index is 0.0578. The van der Waals surface area contributed by atoms with E-state index in [1.807, 2.05) is 25.7 Å². The van der Waals surface area contributed by atoms with E-state index in [2.05, 4.69) is 0 Å². The maximum atomic E-state index is 12.1. The van der Waals surface area contributed by atoms with E-state index >= 15 is 0 Å². The zero-order chi connectivity index (χ0) is 13.8. The van der Waals surface area contributed by atoms with Gasteiger partial charge in [0.15, 0.2) is 0 Å². The first-order valence-electron chi connectivity index (χ1n) is 6.56. The summed E-state index contributed by atoms with van der Waals surface area (Å²) >= 11 is 0. The van der Waals surface area contributed by atoms with Crippen molar-refractivity contribution in [3.8, 4) is 0 Å². The first kappa shape index (κ1) is 15.4. The number of rotatable bonds is 5. The van der Waals surface area contributed by atoms with E-state index in [9.17, 15) is 4.79 Å². The average Bonchev–Trinajstić information content (AvgIpc) is 2.33. The summed E-state index contributed by atoms with van der Waals surface area (Å²) in [5.41, 5.74) is 5.33. The number of methoxy groups -OCH3 is 1. The summed E-state index contributed by atoms with van der Waals surface area (Å²) < 4.78 is 11.0. The molecule has 1 fully saturated rings. The lowest BCUT2D eigenvalue weighted by molar-refractivity contribution is -0.159. The van der Waals surface area contributed by atoms with Crippen LogP contribution in [0.15, 0.2) is 0 Å². The quantitative estimate of drug-likeness (QED) is 0.791. The molecule has 1 saturated heterocycles. The highest BCUT2D eigenvalue weighted by molar-refractivity contribution is 5.76. The van der Waals surface area contributed by atoms with Crippen LogP contribution in [0.5, 0.6) is 0 Å². The Hall–Kier alpha value is -0.650. The molecule has 0 bridgehead atoms. The number of hydrogen-bond donors (Lipinski definition) is 1. The number of nitrogens with zero attached hydrogens (tertiary/aromatic N) is 1. The highest BCUT2D eigenvalue weighted by Crippen LogP contribution is 2.21. The van der Waals surface area contributed by atoms with Crippen LogP contribution in [0.1, 0.15) is 33.6 Å². The summed E-state index contributed by atoms with van der Waals surface area (Å²) in [5, 5.41) is 0. The molecule has 0 aromatic rings. The lowest BCUT2D eigenvalue weighted by Crippen LogP contribution is -2.56. The summed E-state index contributed by atoms with van der Waals surface area (Å²) in [6.07, 6.45) is 1.33. The first-order chi connectivity index (χ1) is 8.38. The Morgan fingerprint density at radius 3 is 2.83 bits per heavy atom. The molecule has 5 nitrogen and oxygen atoms in total. The number of amides is 1. The summed E-state index contributed by atoms with van der Waals surface area (Å²) in [6.45, 7) is 7.63. The zero-order valence-electron chi connectivity index (χ0n) is 11.9. The molecule has 1 aliphatic heterocycles. The Morgan fingerprint density at radius 1 is 1.61 bits per heavy atom. The van der Waals surface area contributed by atoms with Crippen LogP contribution in [0.25, 0.3) is 0 Å². The third-order valence-electron chi connectivity index (χ3n) is 3.26. The zero-order valence-corrected chi connectivity index (χ0v) is 11.9. The van der Waals surface area contributed by atoms with Crippen molar-refractivity contribution >= 4 is 5.91 Å². The molecule has 0 aromatic carbocycles. The maximum Gasteiger partial charge on any atom is 0.222 e. The van der Waals surface area contributed by atoms with Crippen molar-refractivity contribution < 1.29 is 14.3 Å². The van der Waals surface area contributed by atoms with Crippen LogP contribution in [-0.4, -0.2) is 55.4 Å². The standard InChI is InChI=1S/C13H26N2O3/c1-10(17-4)5-6-12(16)15-8-11(7-14)18-13(2,3)9-15/h10-11H,5-9,14H2,1-4H3. The Balaban J connectivity index is 2.51. The van der Waals surface area contributed by atoms with Crippen molar-refractivity contribution in [2.24, 2.45) is 5.73 Å². The Kier molecular flexibility index (Phi) is 5.56. The Morgan fingerprint density at radius 2 is 2.28 bits per heavy atom. The van der Waals surface area contributed by atoms with Gasteiger partial charge in [-0.2, -0.15) is 0 Å². The fraction of sp³-hybridized carbons (Fsp3) is 0.923. The average molecular weight is 258 g/mol. The van der Waals surface area contributed by atoms with Gasteiger partial charge in [-0.3, -0.25) is 4.79 Å². The van der Waals surface area contributed by atoms with E-state index in [4.69, 9.17) is 15.2 Å². The van der Waals surface area contributed by atoms with Crippen LogP contribution in [-0.2, 0) is 14.3 Å². The summed E-state index contributed by atoms with van der Waals surface area (Å²) in [6, 6.07) is 0. The summed E-state index contributed by atoms with van der Waals surface area (Å²) in [4.78, 5) is 14.0. The predicted molar refractivity (Wildman–Crippen MR) is 70.3 cm³/mol. The SMILES string of the molecule is COC(C)CCC(=O)N1CC(CN)OC(C)(C)C1. The van der Waals surface area contributed by atoms with Crippen LogP contribution >= 0.6 is 0 Å². The van der Waals surface area contributed by atoms with Crippen LogP contribution in [0, 0.1) is 0 Å². The van der Waals surface area contributed by atoms with Crippen LogP contribution in [0.3, 0.4) is 0 Å². The number of hydrogen-bond acceptors (Lipinski definition) is 4. The van der Waals surface area contributed by atoms with Gasteiger partial charge in [-0.25, -0.2) is 0 Å². The molecule has 1 amide bonds. The Labute approximate surface area is 110 Å². The third-order valence-corrected chi connectivity index (χ3v) is 3.26. The van der Waals surface area contributed by atoms with E-state index in [0.29, 0.717) is 26.1 Å². The van der Waals surface area contributed by atoms with E-state index in [1.165, 1.54) is 0 Å². The van der Waals surface area contributed by atoms with Crippen molar-refractivity contribution in [3.05, 3.63) is 0 Å². The second kappa shape index (κ2) is 6.50. The fourth-order valence-corrected chi connectivity index (χ4v) is 2.21. The van der Waals surface area contributed by atoms with Gasteiger partial charge in [0, 0.05) is 33.2 Å². The van der Waals surface area contributed by atoms with Crippen molar-refractivity contribution in [2.75, 3.05) is 26.7 Å². The third kappa shape index (κ3) is 4.55. The monoisotopic (exact) mass is 258 g/mol. The van der Waals surface area contributed by atoms with Crippen molar-refractivity contribution in [2.45, 2.75) is 51.4 Å². The van der Waals surface area contributed by atoms with E-state index in [0.717, 1.165) is 6.42 Å². The van der Waals surface area contributed by atoms with Gasteiger partial charge in [-0.05, 0) is 27.2 Å².